The highest BCUT2D eigenvalue weighted by Gasteiger charge is 2.13. The summed E-state index contributed by atoms with van der Waals surface area (Å²) in [6.07, 6.45) is 10.3. The first-order chi connectivity index (χ1) is 9.83. The number of aliphatic hydroxyl groups excluding tert-OH is 1. The van der Waals surface area contributed by atoms with Crippen LogP contribution in [0.1, 0.15) is 57.8 Å². The van der Waals surface area contributed by atoms with E-state index in [0.717, 1.165) is 58.2 Å². The quantitative estimate of drug-likeness (QED) is 0.399. The van der Waals surface area contributed by atoms with Crippen LogP contribution < -0.4 is 0 Å². The van der Waals surface area contributed by atoms with Crippen molar-refractivity contribution >= 4 is 0 Å². The van der Waals surface area contributed by atoms with Gasteiger partial charge in [0.05, 0.1) is 0 Å². The van der Waals surface area contributed by atoms with Crippen molar-refractivity contribution in [3.8, 4) is 11.8 Å². The first-order valence-electron chi connectivity index (χ1n) is 7.83. The summed E-state index contributed by atoms with van der Waals surface area (Å²) in [6.45, 7) is 5.24. The molecule has 1 rings (SSSR count). The molecule has 20 heavy (non-hydrogen) atoms. The molecule has 0 bridgehead atoms. The van der Waals surface area contributed by atoms with Crippen LogP contribution in [0.25, 0.3) is 0 Å². The summed E-state index contributed by atoms with van der Waals surface area (Å²) in [5, 5.41) is 9.51. The second kappa shape index (κ2) is 12.0. The van der Waals surface area contributed by atoms with Crippen LogP contribution in [0.4, 0.5) is 0 Å². The van der Waals surface area contributed by atoms with Gasteiger partial charge in [0.25, 0.3) is 0 Å². The Labute approximate surface area is 123 Å². The first kappa shape index (κ1) is 17.2. The fraction of sp³-hybridized carbons (Fsp3) is 0.765. The van der Waals surface area contributed by atoms with E-state index in [1.165, 1.54) is 6.42 Å². The number of unbranched alkanes of at least 4 members (excludes halogenated alkanes) is 3. The van der Waals surface area contributed by atoms with Crippen LogP contribution in [0.5, 0.6) is 0 Å². The van der Waals surface area contributed by atoms with Gasteiger partial charge in [0.1, 0.15) is 6.10 Å². The Morgan fingerprint density at radius 1 is 1.35 bits per heavy atom. The van der Waals surface area contributed by atoms with Crippen LogP contribution in [-0.4, -0.2) is 30.7 Å². The van der Waals surface area contributed by atoms with Crippen molar-refractivity contribution in [3.05, 3.63) is 12.7 Å². The van der Waals surface area contributed by atoms with Gasteiger partial charge in [0.2, 0.25) is 0 Å². The zero-order valence-corrected chi connectivity index (χ0v) is 12.5. The Hall–Kier alpha value is -0.820. The molecule has 1 saturated heterocycles. The summed E-state index contributed by atoms with van der Waals surface area (Å²) in [7, 11) is 0. The SMILES string of the molecule is C=CCCC(O)C#CCCCCCOC1CCCCO1. The van der Waals surface area contributed by atoms with E-state index in [4.69, 9.17) is 9.47 Å². The Bertz CT molecular complexity index is 297. The van der Waals surface area contributed by atoms with E-state index in [1.54, 1.807) is 6.08 Å². The topological polar surface area (TPSA) is 38.7 Å². The van der Waals surface area contributed by atoms with Gasteiger partial charge in [0, 0.05) is 19.6 Å². The van der Waals surface area contributed by atoms with Gasteiger partial charge in [-0.05, 0) is 44.9 Å². The molecule has 0 amide bonds. The molecular formula is C17H28O3. The number of rotatable bonds is 9. The highest BCUT2D eigenvalue weighted by Crippen LogP contribution is 2.14. The Balaban J connectivity index is 1.89. The average Bonchev–Trinajstić information content (AvgIpc) is 2.49. The van der Waals surface area contributed by atoms with Crippen LogP contribution in [-0.2, 0) is 9.47 Å². The average molecular weight is 280 g/mol. The third kappa shape index (κ3) is 9.14. The summed E-state index contributed by atoms with van der Waals surface area (Å²) in [4.78, 5) is 0. The van der Waals surface area contributed by atoms with Crippen molar-refractivity contribution in [1.82, 2.24) is 0 Å². The largest absolute Gasteiger partial charge is 0.380 e. The maximum absolute atomic E-state index is 9.51. The number of hydrogen-bond donors (Lipinski definition) is 1. The van der Waals surface area contributed by atoms with E-state index in [0.29, 0.717) is 6.42 Å². The van der Waals surface area contributed by atoms with E-state index in [1.807, 2.05) is 0 Å². The lowest BCUT2D eigenvalue weighted by molar-refractivity contribution is -0.162. The maximum atomic E-state index is 9.51. The fourth-order valence-corrected chi connectivity index (χ4v) is 2.09. The van der Waals surface area contributed by atoms with E-state index in [2.05, 4.69) is 18.4 Å². The maximum Gasteiger partial charge on any atom is 0.157 e. The van der Waals surface area contributed by atoms with Gasteiger partial charge in [-0.15, -0.1) is 12.5 Å². The highest BCUT2D eigenvalue weighted by atomic mass is 16.7. The van der Waals surface area contributed by atoms with Gasteiger partial charge in [-0.1, -0.05) is 18.4 Å². The van der Waals surface area contributed by atoms with Gasteiger partial charge in [-0.2, -0.15) is 0 Å². The molecular weight excluding hydrogens is 252 g/mol. The predicted octanol–water partition coefficient (Wildman–Crippen LogP) is 3.42. The summed E-state index contributed by atoms with van der Waals surface area (Å²) < 4.78 is 11.2. The molecule has 1 aliphatic rings. The van der Waals surface area contributed by atoms with Crippen molar-refractivity contribution in [2.24, 2.45) is 0 Å². The van der Waals surface area contributed by atoms with Crippen molar-refractivity contribution < 1.29 is 14.6 Å². The molecule has 0 radical (unpaired) electrons. The molecule has 0 aliphatic carbocycles. The monoisotopic (exact) mass is 280 g/mol. The van der Waals surface area contributed by atoms with Gasteiger partial charge in [-0.25, -0.2) is 0 Å². The zero-order chi connectivity index (χ0) is 14.5. The lowest BCUT2D eigenvalue weighted by atomic mass is 10.1. The summed E-state index contributed by atoms with van der Waals surface area (Å²) in [5.74, 6) is 5.90. The molecule has 3 nitrogen and oxygen atoms in total. The van der Waals surface area contributed by atoms with Gasteiger partial charge < -0.3 is 14.6 Å². The third-order valence-corrected chi connectivity index (χ3v) is 3.30. The molecule has 0 spiro atoms. The summed E-state index contributed by atoms with van der Waals surface area (Å²) >= 11 is 0. The summed E-state index contributed by atoms with van der Waals surface area (Å²) in [6, 6.07) is 0. The number of hydrogen-bond acceptors (Lipinski definition) is 3. The second-order valence-electron chi connectivity index (χ2n) is 5.18. The molecule has 2 unspecified atom stereocenters. The van der Waals surface area contributed by atoms with Crippen LogP contribution in [0.2, 0.25) is 0 Å². The van der Waals surface area contributed by atoms with Crippen LogP contribution in [0.15, 0.2) is 12.7 Å². The minimum Gasteiger partial charge on any atom is -0.380 e. The zero-order valence-electron chi connectivity index (χ0n) is 12.5. The van der Waals surface area contributed by atoms with E-state index in [9.17, 15) is 5.11 Å². The van der Waals surface area contributed by atoms with Crippen molar-refractivity contribution in [2.45, 2.75) is 70.2 Å². The van der Waals surface area contributed by atoms with Crippen LogP contribution in [0, 0.1) is 11.8 Å². The van der Waals surface area contributed by atoms with Crippen LogP contribution in [0.3, 0.4) is 0 Å². The highest BCUT2D eigenvalue weighted by molar-refractivity contribution is 5.04. The first-order valence-corrected chi connectivity index (χ1v) is 7.83. The van der Waals surface area contributed by atoms with Crippen molar-refractivity contribution in [2.75, 3.05) is 13.2 Å². The minimum absolute atomic E-state index is 0.0311. The second-order valence-corrected chi connectivity index (χ2v) is 5.18. The minimum atomic E-state index is -0.500. The van der Waals surface area contributed by atoms with Crippen molar-refractivity contribution in [1.29, 1.82) is 0 Å². The van der Waals surface area contributed by atoms with Crippen LogP contribution >= 0.6 is 0 Å². The molecule has 1 aliphatic heterocycles. The smallest absolute Gasteiger partial charge is 0.157 e. The number of aliphatic hydroxyl groups is 1. The molecule has 1 N–H and O–H groups in total. The Morgan fingerprint density at radius 3 is 3.00 bits per heavy atom. The van der Waals surface area contributed by atoms with E-state index in [-0.39, 0.29) is 6.29 Å². The fourth-order valence-electron chi connectivity index (χ4n) is 2.09. The molecule has 1 heterocycles. The molecule has 114 valence electrons. The molecule has 0 aromatic rings. The molecule has 3 heteroatoms. The van der Waals surface area contributed by atoms with Gasteiger partial charge >= 0.3 is 0 Å². The molecule has 1 fully saturated rings. The molecule has 0 aromatic carbocycles. The number of allylic oxidation sites excluding steroid dienone is 1. The number of ether oxygens (including phenoxy) is 2. The standard InChI is InChI=1S/C17H28O3/c1-2-3-11-16(18)12-7-5-4-6-9-14-19-17-13-8-10-15-20-17/h2,16-18H,1,3-6,8-11,13-15H2. The Kier molecular flexibility index (Phi) is 10.3. The normalized spacial score (nSPS) is 19.9. The molecule has 2 atom stereocenters. The van der Waals surface area contributed by atoms with Gasteiger partial charge in [-0.3, -0.25) is 0 Å². The molecule has 0 saturated carbocycles. The predicted molar refractivity (Wildman–Crippen MR) is 81.2 cm³/mol. The van der Waals surface area contributed by atoms with E-state index >= 15 is 0 Å². The van der Waals surface area contributed by atoms with E-state index < -0.39 is 6.10 Å². The van der Waals surface area contributed by atoms with Gasteiger partial charge in [0.15, 0.2) is 6.29 Å². The summed E-state index contributed by atoms with van der Waals surface area (Å²) in [5.41, 5.74) is 0. The van der Waals surface area contributed by atoms with Crippen molar-refractivity contribution in [3.63, 3.8) is 0 Å². The Morgan fingerprint density at radius 2 is 2.25 bits per heavy atom. The lowest BCUT2D eigenvalue weighted by Gasteiger charge is -2.22. The third-order valence-electron chi connectivity index (χ3n) is 3.30. The lowest BCUT2D eigenvalue weighted by Crippen LogP contribution is -2.22. The molecule has 0 aromatic heterocycles.